The Morgan fingerprint density at radius 1 is 1.09 bits per heavy atom. The number of amides is 1. The zero-order chi connectivity index (χ0) is 23.8. The summed E-state index contributed by atoms with van der Waals surface area (Å²) in [4.78, 5) is 16.8. The van der Waals surface area contributed by atoms with Gasteiger partial charge in [0.2, 0.25) is 0 Å². The van der Waals surface area contributed by atoms with Crippen LogP contribution in [0.15, 0.2) is 47.3 Å². The predicted octanol–water partition coefficient (Wildman–Crippen LogP) is 4.87. The Balaban J connectivity index is 1.41. The monoisotopic (exact) mass is 499 g/mol. The van der Waals surface area contributed by atoms with Crippen molar-refractivity contribution in [2.75, 3.05) is 18.8 Å². The van der Waals surface area contributed by atoms with E-state index in [4.69, 9.17) is 38.5 Å². The molecule has 174 valence electrons. The van der Waals surface area contributed by atoms with E-state index < -0.39 is 6.09 Å². The van der Waals surface area contributed by atoms with Crippen molar-refractivity contribution >= 4 is 35.1 Å². The number of rotatable bonds is 4. The van der Waals surface area contributed by atoms with Crippen LogP contribution in [0.4, 0.5) is 10.6 Å². The number of carbonyl (C=O) groups is 1. The third-order valence-electron chi connectivity index (χ3n) is 5.79. The zero-order valence-corrected chi connectivity index (χ0v) is 19.2. The molecule has 0 atom stereocenters. The molecule has 1 aliphatic rings. The highest BCUT2D eigenvalue weighted by atomic mass is 35.5. The van der Waals surface area contributed by atoms with Crippen molar-refractivity contribution in [3.05, 3.63) is 52.9 Å². The van der Waals surface area contributed by atoms with Crippen LogP contribution in [0.3, 0.4) is 0 Å². The first kappa shape index (κ1) is 22.2. The molecule has 10 nitrogen and oxygen atoms in total. The molecule has 4 heterocycles. The Morgan fingerprint density at radius 3 is 2.50 bits per heavy atom. The summed E-state index contributed by atoms with van der Waals surface area (Å²) in [6, 6.07) is 7.04. The number of carboxylic acid groups (broad SMARTS) is 1. The third kappa shape index (κ3) is 4.17. The maximum Gasteiger partial charge on any atom is 0.407 e. The Kier molecular flexibility index (Phi) is 5.84. The second-order valence-corrected chi connectivity index (χ2v) is 8.69. The normalized spacial score (nSPS) is 14.5. The average Bonchev–Trinajstić information content (AvgIpc) is 3.50. The van der Waals surface area contributed by atoms with E-state index >= 15 is 0 Å². The lowest BCUT2D eigenvalue weighted by Gasteiger charge is -2.30. The lowest BCUT2D eigenvalue weighted by Crippen LogP contribution is -2.38. The van der Waals surface area contributed by atoms with E-state index in [1.165, 1.54) is 4.90 Å². The summed E-state index contributed by atoms with van der Waals surface area (Å²) in [7, 11) is 0. The molecular weight excluding hydrogens is 481 g/mol. The quantitative estimate of drug-likeness (QED) is 0.405. The first-order valence-electron chi connectivity index (χ1n) is 10.5. The van der Waals surface area contributed by atoms with Crippen molar-refractivity contribution in [3.63, 3.8) is 0 Å². The SMILES string of the molecule is Nc1ncc(-c2cnn(C3CCN(C(=O)O)CC3)c2)cc1-c1nnc(-c2c(Cl)cccc2Cl)o1. The molecule has 1 fully saturated rings. The highest BCUT2D eigenvalue weighted by Crippen LogP contribution is 2.36. The summed E-state index contributed by atoms with van der Waals surface area (Å²) in [5.41, 5.74) is 8.63. The van der Waals surface area contributed by atoms with Crippen LogP contribution in [0, 0.1) is 0 Å². The number of piperidine rings is 1. The molecule has 3 N–H and O–H groups in total. The molecule has 3 aromatic heterocycles. The molecule has 1 amide bonds. The first-order chi connectivity index (χ1) is 16.4. The molecule has 12 heteroatoms. The number of aromatic nitrogens is 5. The van der Waals surface area contributed by atoms with Crippen LogP contribution in [-0.2, 0) is 0 Å². The van der Waals surface area contributed by atoms with Gasteiger partial charge in [0.05, 0.1) is 33.4 Å². The van der Waals surface area contributed by atoms with E-state index in [0.717, 1.165) is 11.1 Å². The van der Waals surface area contributed by atoms with Gasteiger partial charge in [0.15, 0.2) is 0 Å². The van der Waals surface area contributed by atoms with Crippen molar-refractivity contribution in [2.24, 2.45) is 0 Å². The smallest absolute Gasteiger partial charge is 0.407 e. The number of hydrogen-bond acceptors (Lipinski definition) is 7. The van der Waals surface area contributed by atoms with Crippen molar-refractivity contribution in [2.45, 2.75) is 18.9 Å². The summed E-state index contributed by atoms with van der Waals surface area (Å²) < 4.78 is 7.70. The van der Waals surface area contributed by atoms with Crippen LogP contribution in [0.1, 0.15) is 18.9 Å². The molecule has 4 aromatic rings. The minimum atomic E-state index is -0.888. The van der Waals surface area contributed by atoms with Gasteiger partial charge < -0.3 is 20.2 Å². The van der Waals surface area contributed by atoms with Gasteiger partial charge in [-0.05, 0) is 31.0 Å². The number of nitrogens with zero attached hydrogens (tertiary/aromatic N) is 6. The molecule has 0 aliphatic carbocycles. The van der Waals surface area contributed by atoms with Crippen molar-refractivity contribution in [1.29, 1.82) is 0 Å². The van der Waals surface area contributed by atoms with Gasteiger partial charge in [-0.2, -0.15) is 5.10 Å². The van der Waals surface area contributed by atoms with E-state index in [0.29, 0.717) is 47.1 Å². The summed E-state index contributed by atoms with van der Waals surface area (Å²) in [6.07, 6.45) is 5.82. The Labute approximate surface area is 203 Å². The molecule has 1 aromatic carbocycles. The van der Waals surface area contributed by atoms with Crippen LogP contribution in [0.5, 0.6) is 0 Å². The van der Waals surface area contributed by atoms with Gasteiger partial charge in [0.25, 0.3) is 11.8 Å². The number of halogens is 2. The number of nitrogen functional groups attached to an aromatic ring is 1. The van der Waals surface area contributed by atoms with E-state index in [1.54, 1.807) is 30.6 Å². The summed E-state index contributed by atoms with van der Waals surface area (Å²) in [6.45, 7) is 0.968. The van der Waals surface area contributed by atoms with Crippen LogP contribution in [0.2, 0.25) is 10.0 Å². The van der Waals surface area contributed by atoms with Gasteiger partial charge in [-0.15, -0.1) is 10.2 Å². The third-order valence-corrected chi connectivity index (χ3v) is 6.42. The summed E-state index contributed by atoms with van der Waals surface area (Å²) in [5.74, 6) is 0.597. The van der Waals surface area contributed by atoms with E-state index in [-0.39, 0.29) is 23.6 Å². The lowest BCUT2D eigenvalue weighted by molar-refractivity contribution is 0.124. The molecule has 5 rings (SSSR count). The van der Waals surface area contributed by atoms with Crippen LogP contribution >= 0.6 is 23.2 Å². The number of pyridine rings is 1. The summed E-state index contributed by atoms with van der Waals surface area (Å²) in [5, 5.41) is 22.6. The number of nitrogens with two attached hydrogens (primary N) is 1. The number of anilines is 1. The van der Waals surface area contributed by atoms with Crippen molar-refractivity contribution in [3.8, 4) is 34.0 Å². The van der Waals surface area contributed by atoms with E-state index in [9.17, 15) is 4.79 Å². The Morgan fingerprint density at radius 2 is 1.79 bits per heavy atom. The molecule has 34 heavy (non-hydrogen) atoms. The molecule has 0 bridgehead atoms. The maximum absolute atomic E-state index is 11.1. The van der Waals surface area contributed by atoms with Crippen LogP contribution in [-0.4, -0.2) is 54.2 Å². The molecule has 0 radical (unpaired) electrons. The minimum Gasteiger partial charge on any atom is -0.465 e. The van der Waals surface area contributed by atoms with Gasteiger partial charge in [-0.25, -0.2) is 9.78 Å². The van der Waals surface area contributed by atoms with Gasteiger partial charge in [0, 0.05) is 36.6 Å². The fraction of sp³-hybridized carbons (Fsp3) is 0.227. The maximum atomic E-state index is 11.1. The van der Waals surface area contributed by atoms with Gasteiger partial charge in [-0.1, -0.05) is 29.3 Å². The first-order valence-corrected chi connectivity index (χ1v) is 11.2. The van der Waals surface area contributed by atoms with Crippen LogP contribution < -0.4 is 5.73 Å². The second-order valence-electron chi connectivity index (χ2n) is 7.88. The average molecular weight is 500 g/mol. The molecular formula is C22H19Cl2N7O3. The van der Waals surface area contributed by atoms with Gasteiger partial charge in [-0.3, -0.25) is 4.68 Å². The lowest BCUT2D eigenvalue weighted by atomic mass is 10.1. The topological polar surface area (TPSA) is 136 Å². The molecule has 0 saturated carbocycles. The number of likely N-dealkylation sites (tertiary alicyclic amines) is 1. The van der Waals surface area contributed by atoms with E-state index in [2.05, 4.69) is 20.3 Å². The highest BCUT2D eigenvalue weighted by Gasteiger charge is 2.24. The largest absolute Gasteiger partial charge is 0.465 e. The fourth-order valence-corrected chi connectivity index (χ4v) is 4.51. The Bertz CT molecular complexity index is 1340. The molecule has 0 spiro atoms. The van der Waals surface area contributed by atoms with E-state index in [1.807, 2.05) is 16.9 Å². The van der Waals surface area contributed by atoms with Crippen molar-refractivity contribution in [1.82, 2.24) is 29.9 Å². The zero-order valence-electron chi connectivity index (χ0n) is 17.7. The predicted molar refractivity (Wildman–Crippen MR) is 126 cm³/mol. The van der Waals surface area contributed by atoms with Crippen LogP contribution in [0.25, 0.3) is 34.0 Å². The highest BCUT2D eigenvalue weighted by molar-refractivity contribution is 6.38. The van der Waals surface area contributed by atoms with Crippen molar-refractivity contribution < 1.29 is 14.3 Å². The van der Waals surface area contributed by atoms with Gasteiger partial charge in [0.1, 0.15) is 5.82 Å². The second kappa shape index (κ2) is 8.96. The Hall–Kier alpha value is -3.63. The number of hydrogen-bond donors (Lipinski definition) is 2. The molecule has 1 saturated heterocycles. The summed E-state index contributed by atoms with van der Waals surface area (Å²) >= 11 is 12.5. The standard InChI is InChI=1S/C22H19Cl2N7O3/c23-16-2-1-3-17(24)18(16)21-29-28-20(34-21)15-8-12(9-26-19(15)25)13-10-27-31(11-13)14-4-6-30(7-5-14)22(32)33/h1-3,8-11,14H,4-7H2,(H2,25,26)(H,32,33). The molecule has 1 aliphatic heterocycles. The minimum absolute atomic E-state index is 0.129. The van der Waals surface area contributed by atoms with Gasteiger partial charge >= 0.3 is 6.09 Å². The molecule has 0 unspecified atom stereocenters. The fourth-order valence-electron chi connectivity index (χ4n) is 3.95. The number of benzene rings is 1.